The molecule has 0 radical (unpaired) electrons. The zero-order valence-electron chi connectivity index (χ0n) is 11.9. The van der Waals surface area contributed by atoms with E-state index in [4.69, 9.17) is 28.5 Å². The Labute approximate surface area is 141 Å². The standard InChI is InChI=1S/C15H11Cl2N5O/c16-11-3-2-10(13(17)6-11)8-22-14-12(7-20-22)15(23)21(9-19-14)5-1-4-18/h2-3,6-7,9H,1,5,8H2. The van der Waals surface area contributed by atoms with Crippen LogP contribution in [0.1, 0.15) is 12.0 Å². The van der Waals surface area contributed by atoms with Crippen LogP contribution in [0.25, 0.3) is 11.0 Å². The van der Waals surface area contributed by atoms with Gasteiger partial charge in [0, 0.05) is 16.6 Å². The average molecular weight is 348 g/mol. The zero-order chi connectivity index (χ0) is 16.4. The first-order chi connectivity index (χ1) is 11.1. The minimum atomic E-state index is -0.210. The number of benzene rings is 1. The highest BCUT2D eigenvalue weighted by atomic mass is 35.5. The third kappa shape index (κ3) is 3.07. The van der Waals surface area contributed by atoms with E-state index in [0.29, 0.717) is 34.2 Å². The molecule has 116 valence electrons. The van der Waals surface area contributed by atoms with Crippen LogP contribution in [-0.4, -0.2) is 19.3 Å². The summed E-state index contributed by atoms with van der Waals surface area (Å²) in [5, 5.41) is 14.3. The van der Waals surface area contributed by atoms with Crippen molar-refractivity contribution in [3.05, 3.63) is 56.7 Å². The van der Waals surface area contributed by atoms with Gasteiger partial charge in [0.25, 0.3) is 5.56 Å². The number of nitrogens with zero attached hydrogens (tertiary/aromatic N) is 5. The molecule has 0 fully saturated rings. The van der Waals surface area contributed by atoms with E-state index in [9.17, 15) is 4.79 Å². The maximum absolute atomic E-state index is 12.3. The highest BCUT2D eigenvalue weighted by Gasteiger charge is 2.11. The molecule has 0 aliphatic heterocycles. The van der Waals surface area contributed by atoms with E-state index in [1.54, 1.807) is 16.8 Å². The van der Waals surface area contributed by atoms with Crippen molar-refractivity contribution in [1.29, 1.82) is 5.26 Å². The Bertz CT molecular complexity index is 970. The molecular formula is C15H11Cl2N5O. The zero-order valence-corrected chi connectivity index (χ0v) is 13.4. The number of halogens is 2. The highest BCUT2D eigenvalue weighted by Crippen LogP contribution is 2.22. The summed E-state index contributed by atoms with van der Waals surface area (Å²) in [4.78, 5) is 16.6. The van der Waals surface area contributed by atoms with Gasteiger partial charge in [-0.1, -0.05) is 29.3 Å². The summed E-state index contributed by atoms with van der Waals surface area (Å²) in [5.74, 6) is 0. The van der Waals surface area contributed by atoms with Gasteiger partial charge in [0.2, 0.25) is 0 Å². The summed E-state index contributed by atoms with van der Waals surface area (Å²) in [6, 6.07) is 7.22. The van der Waals surface area contributed by atoms with Crippen molar-refractivity contribution in [2.75, 3.05) is 0 Å². The molecule has 0 N–H and O–H groups in total. The van der Waals surface area contributed by atoms with Gasteiger partial charge < -0.3 is 0 Å². The second-order valence-corrected chi connectivity index (χ2v) is 5.77. The van der Waals surface area contributed by atoms with Gasteiger partial charge in [0.05, 0.1) is 25.2 Å². The van der Waals surface area contributed by atoms with E-state index in [2.05, 4.69) is 10.1 Å². The second-order valence-electron chi connectivity index (χ2n) is 4.93. The molecule has 0 aliphatic carbocycles. The fourth-order valence-electron chi connectivity index (χ4n) is 2.25. The molecule has 2 aromatic heterocycles. The molecule has 2 heterocycles. The average Bonchev–Trinajstić information content (AvgIpc) is 2.93. The Morgan fingerprint density at radius 2 is 2.13 bits per heavy atom. The molecule has 0 aliphatic rings. The first-order valence-electron chi connectivity index (χ1n) is 6.82. The van der Waals surface area contributed by atoms with E-state index < -0.39 is 0 Å². The predicted molar refractivity (Wildman–Crippen MR) is 87.6 cm³/mol. The van der Waals surface area contributed by atoms with Gasteiger partial charge in [0.15, 0.2) is 5.65 Å². The molecule has 1 aromatic carbocycles. The van der Waals surface area contributed by atoms with Crippen molar-refractivity contribution in [1.82, 2.24) is 19.3 Å². The van der Waals surface area contributed by atoms with Crippen molar-refractivity contribution in [3.63, 3.8) is 0 Å². The van der Waals surface area contributed by atoms with Crippen molar-refractivity contribution < 1.29 is 0 Å². The van der Waals surface area contributed by atoms with E-state index in [1.807, 2.05) is 12.1 Å². The Kier molecular flexibility index (Phi) is 4.33. The van der Waals surface area contributed by atoms with Crippen LogP contribution in [0.3, 0.4) is 0 Å². The minimum Gasteiger partial charge on any atom is -0.298 e. The Morgan fingerprint density at radius 1 is 1.30 bits per heavy atom. The van der Waals surface area contributed by atoms with Crippen LogP contribution in [-0.2, 0) is 13.1 Å². The molecule has 0 saturated carbocycles. The van der Waals surface area contributed by atoms with Gasteiger partial charge in [0.1, 0.15) is 11.7 Å². The van der Waals surface area contributed by atoms with Gasteiger partial charge in [-0.25, -0.2) is 9.67 Å². The number of rotatable bonds is 4. The molecule has 0 unspecified atom stereocenters. The molecule has 6 nitrogen and oxygen atoms in total. The SMILES string of the molecule is N#CCCn1cnc2c(cnn2Cc2ccc(Cl)cc2Cl)c1=O. The first-order valence-corrected chi connectivity index (χ1v) is 7.57. The lowest BCUT2D eigenvalue weighted by Crippen LogP contribution is -2.20. The topological polar surface area (TPSA) is 76.5 Å². The van der Waals surface area contributed by atoms with Gasteiger partial charge in [-0.2, -0.15) is 10.4 Å². The van der Waals surface area contributed by atoms with Crippen LogP contribution in [0.5, 0.6) is 0 Å². The lowest BCUT2D eigenvalue weighted by atomic mass is 10.2. The third-order valence-corrected chi connectivity index (χ3v) is 4.01. The molecule has 0 spiro atoms. The summed E-state index contributed by atoms with van der Waals surface area (Å²) in [5.41, 5.74) is 1.10. The quantitative estimate of drug-likeness (QED) is 0.726. The van der Waals surface area contributed by atoms with Crippen molar-refractivity contribution >= 4 is 34.2 Å². The molecule has 0 bridgehead atoms. The van der Waals surface area contributed by atoms with Crippen LogP contribution in [0.4, 0.5) is 0 Å². The molecular weight excluding hydrogens is 337 g/mol. The maximum atomic E-state index is 12.3. The summed E-state index contributed by atoms with van der Waals surface area (Å²) in [6.45, 7) is 0.695. The van der Waals surface area contributed by atoms with E-state index in [-0.39, 0.29) is 12.0 Å². The van der Waals surface area contributed by atoms with Crippen molar-refractivity contribution in [3.8, 4) is 6.07 Å². The molecule has 23 heavy (non-hydrogen) atoms. The van der Waals surface area contributed by atoms with E-state index >= 15 is 0 Å². The minimum absolute atomic E-state index is 0.210. The van der Waals surface area contributed by atoms with E-state index in [0.717, 1.165) is 5.56 Å². The molecule has 3 aromatic rings. The van der Waals surface area contributed by atoms with E-state index in [1.165, 1.54) is 17.1 Å². The number of fused-ring (bicyclic) bond motifs is 1. The fraction of sp³-hybridized carbons (Fsp3) is 0.200. The second kappa shape index (κ2) is 6.41. The predicted octanol–water partition coefficient (Wildman–Crippen LogP) is 2.86. The van der Waals surface area contributed by atoms with Gasteiger partial charge >= 0.3 is 0 Å². The largest absolute Gasteiger partial charge is 0.298 e. The molecule has 0 atom stereocenters. The summed E-state index contributed by atoms with van der Waals surface area (Å²) in [7, 11) is 0. The molecule has 3 rings (SSSR count). The van der Waals surface area contributed by atoms with Crippen LogP contribution in [0.15, 0.2) is 35.5 Å². The summed E-state index contributed by atoms with van der Waals surface area (Å²) >= 11 is 12.1. The van der Waals surface area contributed by atoms with Crippen LogP contribution < -0.4 is 5.56 Å². The molecule has 0 amide bonds. The first kappa shape index (κ1) is 15.5. The van der Waals surface area contributed by atoms with Crippen LogP contribution in [0.2, 0.25) is 10.0 Å². The fourth-order valence-corrected chi connectivity index (χ4v) is 2.72. The van der Waals surface area contributed by atoms with Gasteiger partial charge in [-0.05, 0) is 17.7 Å². The van der Waals surface area contributed by atoms with Crippen LogP contribution >= 0.6 is 23.2 Å². The Balaban J connectivity index is 1.98. The molecule has 8 heteroatoms. The van der Waals surface area contributed by atoms with Crippen molar-refractivity contribution in [2.45, 2.75) is 19.5 Å². The number of aromatic nitrogens is 4. The third-order valence-electron chi connectivity index (χ3n) is 3.42. The molecule has 0 saturated heterocycles. The smallest absolute Gasteiger partial charge is 0.264 e. The highest BCUT2D eigenvalue weighted by molar-refractivity contribution is 6.35. The monoisotopic (exact) mass is 347 g/mol. The summed E-state index contributed by atoms with van der Waals surface area (Å²) in [6.07, 6.45) is 3.17. The Morgan fingerprint density at radius 3 is 2.87 bits per heavy atom. The van der Waals surface area contributed by atoms with Gasteiger partial charge in [-0.15, -0.1) is 0 Å². The lowest BCUT2D eigenvalue weighted by molar-refractivity contribution is 0.668. The number of hydrogen-bond donors (Lipinski definition) is 0. The van der Waals surface area contributed by atoms with Gasteiger partial charge in [-0.3, -0.25) is 9.36 Å². The number of hydrogen-bond acceptors (Lipinski definition) is 4. The maximum Gasteiger partial charge on any atom is 0.264 e. The van der Waals surface area contributed by atoms with Crippen LogP contribution in [0, 0.1) is 11.3 Å². The number of aryl methyl sites for hydroxylation is 1. The van der Waals surface area contributed by atoms with Crippen molar-refractivity contribution in [2.24, 2.45) is 0 Å². The summed E-state index contributed by atoms with van der Waals surface area (Å²) < 4.78 is 3.02. The Hall–Kier alpha value is -2.36. The number of nitriles is 1. The lowest BCUT2D eigenvalue weighted by Gasteiger charge is -2.07. The normalized spacial score (nSPS) is 10.8.